The van der Waals surface area contributed by atoms with E-state index in [4.69, 9.17) is 9.84 Å². The van der Waals surface area contributed by atoms with Crippen molar-refractivity contribution in [3.63, 3.8) is 0 Å². The molecule has 1 heterocycles. The van der Waals surface area contributed by atoms with Gasteiger partial charge < -0.3 is 19.8 Å². The third-order valence-electron chi connectivity index (χ3n) is 2.53. The zero-order valence-corrected chi connectivity index (χ0v) is 10.1. The van der Waals surface area contributed by atoms with Gasteiger partial charge in [0, 0.05) is 6.54 Å². The molecule has 0 aromatic carbocycles. The lowest BCUT2D eigenvalue weighted by Gasteiger charge is -2.37. The fourth-order valence-corrected chi connectivity index (χ4v) is 1.76. The Morgan fingerprint density at radius 3 is 2.62 bits per heavy atom. The van der Waals surface area contributed by atoms with Crippen molar-refractivity contribution in [1.29, 1.82) is 0 Å². The largest absolute Gasteiger partial charge is 0.444 e. The second-order valence-corrected chi connectivity index (χ2v) is 5.19. The molecule has 1 saturated heterocycles. The number of amides is 1. The third kappa shape index (κ3) is 3.64. The summed E-state index contributed by atoms with van der Waals surface area (Å²) < 4.78 is 5.24. The summed E-state index contributed by atoms with van der Waals surface area (Å²) >= 11 is 0. The molecule has 0 spiro atoms. The van der Waals surface area contributed by atoms with Gasteiger partial charge in [-0.2, -0.15) is 0 Å². The van der Waals surface area contributed by atoms with E-state index in [2.05, 4.69) is 0 Å². The van der Waals surface area contributed by atoms with E-state index in [1.807, 2.05) is 0 Å². The van der Waals surface area contributed by atoms with Crippen molar-refractivity contribution in [2.24, 2.45) is 0 Å². The number of nitrogens with zero attached hydrogens (tertiary/aromatic N) is 1. The molecule has 0 saturated carbocycles. The van der Waals surface area contributed by atoms with Crippen molar-refractivity contribution in [2.75, 3.05) is 13.2 Å². The molecule has 2 N–H and O–H groups in total. The number of ether oxygens (including phenoxy) is 1. The van der Waals surface area contributed by atoms with Crippen LogP contribution in [0.5, 0.6) is 0 Å². The molecule has 1 rings (SSSR count). The van der Waals surface area contributed by atoms with E-state index < -0.39 is 17.8 Å². The molecule has 0 unspecified atom stereocenters. The van der Waals surface area contributed by atoms with Crippen LogP contribution in [-0.4, -0.2) is 52.1 Å². The number of hydrogen-bond acceptors (Lipinski definition) is 4. The van der Waals surface area contributed by atoms with Crippen LogP contribution < -0.4 is 0 Å². The van der Waals surface area contributed by atoms with Crippen LogP contribution in [0.3, 0.4) is 0 Å². The average Bonchev–Trinajstić information content (AvgIpc) is 2.14. The Balaban J connectivity index is 2.60. The maximum atomic E-state index is 11.8. The average molecular weight is 231 g/mol. The second kappa shape index (κ2) is 5.01. The number of piperidine rings is 1. The summed E-state index contributed by atoms with van der Waals surface area (Å²) in [4.78, 5) is 13.3. The highest BCUT2D eigenvalue weighted by Gasteiger charge is 2.32. The number of hydrogen-bond donors (Lipinski definition) is 2. The Morgan fingerprint density at radius 1 is 1.50 bits per heavy atom. The first kappa shape index (κ1) is 13.3. The third-order valence-corrected chi connectivity index (χ3v) is 2.53. The van der Waals surface area contributed by atoms with Gasteiger partial charge in [0.25, 0.3) is 0 Å². The van der Waals surface area contributed by atoms with Gasteiger partial charge in [0.1, 0.15) is 5.60 Å². The van der Waals surface area contributed by atoms with Crippen LogP contribution in [0.25, 0.3) is 0 Å². The number of aliphatic hydroxyl groups excluding tert-OH is 2. The van der Waals surface area contributed by atoms with Crippen LogP contribution in [0.4, 0.5) is 4.79 Å². The summed E-state index contributed by atoms with van der Waals surface area (Å²) in [5.41, 5.74) is -0.535. The molecule has 2 atom stereocenters. The minimum atomic E-state index is -0.535. The van der Waals surface area contributed by atoms with Crippen molar-refractivity contribution in [3.05, 3.63) is 0 Å². The smallest absolute Gasteiger partial charge is 0.410 e. The fourth-order valence-electron chi connectivity index (χ4n) is 1.76. The number of carbonyl (C=O) groups is 1. The maximum absolute atomic E-state index is 11.8. The molecule has 5 heteroatoms. The summed E-state index contributed by atoms with van der Waals surface area (Å²) in [6, 6.07) is -0.335. The van der Waals surface area contributed by atoms with Gasteiger partial charge >= 0.3 is 6.09 Å². The Hall–Kier alpha value is -0.810. The Morgan fingerprint density at radius 2 is 2.12 bits per heavy atom. The van der Waals surface area contributed by atoms with Crippen LogP contribution in [0.2, 0.25) is 0 Å². The van der Waals surface area contributed by atoms with E-state index in [1.54, 1.807) is 20.8 Å². The van der Waals surface area contributed by atoms with Crippen LogP contribution in [0.1, 0.15) is 33.6 Å². The van der Waals surface area contributed by atoms with Crippen molar-refractivity contribution in [2.45, 2.75) is 51.4 Å². The molecule has 1 fully saturated rings. The van der Waals surface area contributed by atoms with Crippen molar-refractivity contribution >= 4 is 6.09 Å². The lowest BCUT2D eigenvalue weighted by atomic mass is 10.0. The molecule has 5 nitrogen and oxygen atoms in total. The lowest BCUT2D eigenvalue weighted by molar-refractivity contribution is -0.0184. The molecular weight excluding hydrogens is 210 g/mol. The Bertz CT molecular complexity index is 249. The first-order valence-corrected chi connectivity index (χ1v) is 5.62. The first-order valence-electron chi connectivity index (χ1n) is 5.62. The number of aliphatic hydroxyl groups is 2. The van der Waals surface area contributed by atoms with Gasteiger partial charge in [-0.25, -0.2) is 4.79 Å². The summed E-state index contributed by atoms with van der Waals surface area (Å²) in [7, 11) is 0. The van der Waals surface area contributed by atoms with E-state index in [0.717, 1.165) is 0 Å². The molecule has 0 radical (unpaired) electrons. The number of carbonyl (C=O) groups excluding carboxylic acids is 1. The fraction of sp³-hybridized carbons (Fsp3) is 0.909. The van der Waals surface area contributed by atoms with Gasteiger partial charge in [0.2, 0.25) is 0 Å². The SMILES string of the molecule is CC(C)(C)OC(=O)N1CC[C@@H](O)C[C@H]1CO. The highest BCUT2D eigenvalue weighted by molar-refractivity contribution is 5.68. The van der Waals surface area contributed by atoms with Crippen molar-refractivity contribution in [1.82, 2.24) is 4.90 Å². The van der Waals surface area contributed by atoms with Gasteiger partial charge in [-0.15, -0.1) is 0 Å². The normalized spacial score (nSPS) is 26.7. The van der Waals surface area contributed by atoms with Crippen molar-refractivity contribution < 1.29 is 19.7 Å². The van der Waals surface area contributed by atoms with E-state index in [1.165, 1.54) is 4.90 Å². The zero-order valence-electron chi connectivity index (χ0n) is 10.1. The lowest BCUT2D eigenvalue weighted by Crippen LogP contribution is -2.50. The number of likely N-dealkylation sites (tertiary alicyclic amines) is 1. The van der Waals surface area contributed by atoms with Crippen molar-refractivity contribution in [3.8, 4) is 0 Å². The van der Waals surface area contributed by atoms with E-state index >= 15 is 0 Å². The molecule has 1 aliphatic heterocycles. The van der Waals surface area contributed by atoms with Gasteiger partial charge in [0.15, 0.2) is 0 Å². The van der Waals surface area contributed by atoms with Gasteiger partial charge in [-0.3, -0.25) is 0 Å². The van der Waals surface area contributed by atoms with Crippen LogP contribution in [0, 0.1) is 0 Å². The predicted molar refractivity (Wildman–Crippen MR) is 59.1 cm³/mol. The predicted octanol–water partition coefficient (Wildman–Crippen LogP) is 0.739. The topological polar surface area (TPSA) is 70.0 Å². The highest BCUT2D eigenvalue weighted by atomic mass is 16.6. The monoisotopic (exact) mass is 231 g/mol. The standard InChI is InChI=1S/C11H21NO4/c1-11(2,3)16-10(15)12-5-4-9(14)6-8(12)7-13/h8-9,13-14H,4-7H2,1-3H3/t8-,9+/m0/s1. The second-order valence-electron chi connectivity index (χ2n) is 5.19. The van der Waals surface area contributed by atoms with Gasteiger partial charge in [-0.05, 0) is 33.6 Å². The highest BCUT2D eigenvalue weighted by Crippen LogP contribution is 2.20. The summed E-state index contributed by atoms with van der Waals surface area (Å²) in [5.74, 6) is 0. The molecule has 16 heavy (non-hydrogen) atoms. The molecule has 0 aromatic heterocycles. The van der Waals surface area contributed by atoms with E-state index in [9.17, 15) is 9.90 Å². The Labute approximate surface area is 96.0 Å². The van der Waals surface area contributed by atoms with Gasteiger partial charge in [0.05, 0.1) is 18.8 Å². The van der Waals surface area contributed by atoms with E-state index in [-0.39, 0.29) is 12.6 Å². The molecule has 0 aromatic rings. The first-order chi connectivity index (χ1) is 7.33. The Kier molecular flexibility index (Phi) is 4.15. The van der Waals surface area contributed by atoms with Crippen LogP contribution >= 0.6 is 0 Å². The van der Waals surface area contributed by atoms with Gasteiger partial charge in [-0.1, -0.05) is 0 Å². The quantitative estimate of drug-likeness (QED) is 0.698. The summed E-state index contributed by atoms with van der Waals surface area (Å²) in [6.07, 6.45) is 0.0974. The molecule has 1 aliphatic rings. The molecule has 1 amide bonds. The molecule has 94 valence electrons. The zero-order chi connectivity index (χ0) is 12.3. The molecule has 0 bridgehead atoms. The number of rotatable bonds is 1. The molecule has 0 aliphatic carbocycles. The minimum absolute atomic E-state index is 0.143. The maximum Gasteiger partial charge on any atom is 0.410 e. The minimum Gasteiger partial charge on any atom is -0.444 e. The summed E-state index contributed by atoms with van der Waals surface area (Å²) in [6.45, 7) is 5.70. The molecular formula is C11H21NO4. The van der Waals surface area contributed by atoms with Crippen LogP contribution in [-0.2, 0) is 4.74 Å². The summed E-state index contributed by atoms with van der Waals surface area (Å²) in [5, 5.41) is 18.6. The van der Waals surface area contributed by atoms with E-state index in [0.29, 0.717) is 19.4 Å². The van der Waals surface area contributed by atoms with Crippen LogP contribution in [0.15, 0.2) is 0 Å².